The van der Waals surface area contributed by atoms with Gasteiger partial charge in [-0.25, -0.2) is 29.1 Å². The zero-order valence-electron chi connectivity index (χ0n) is 24.6. The molecule has 1 aliphatic rings. The van der Waals surface area contributed by atoms with Gasteiger partial charge < -0.3 is 31.0 Å². The minimum atomic E-state index is -5.67. The topological polar surface area (TPSA) is 300 Å². The summed E-state index contributed by atoms with van der Waals surface area (Å²) in [5, 5.41) is 2.59. The summed E-state index contributed by atoms with van der Waals surface area (Å²) in [5.74, 6) is 9.74. The fourth-order valence-electron chi connectivity index (χ4n) is 3.73. The first kappa shape index (κ1) is 37.4. The van der Waals surface area contributed by atoms with Crippen LogP contribution in [0.1, 0.15) is 29.8 Å². The fourth-order valence-corrected chi connectivity index (χ4v) is 7.27. The van der Waals surface area contributed by atoms with E-state index in [2.05, 4.69) is 54.9 Å². The van der Waals surface area contributed by atoms with E-state index in [-0.39, 0.29) is 36.0 Å². The number of nitrogens with two attached hydrogens (primary N) is 2. The second-order valence-corrected chi connectivity index (χ2v) is 14.3. The monoisotopic (exact) mass is 710 g/mol. The van der Waals surface area contributed by atoms with E-state index in [1.807, 2.05) is 0 Å². The Hall–Kier alpha value is -3.05. The first-order valence-electron chi connectivity index (χ1n) is 12.9. The Bertz CT molecular complexity index is 1660. The Morgan fingerprint density at radius 3 is 2.46 bits per heavy atom. The van der Waals surface area contributed by atoms with Crippen molar-refractivity contribution < 1.29 is 60.2 Å². The molecular weight excluding hydrogens is 679 g/mol. The summed E-state index contributed by atoms with van der Waals surface area (Å²) in [5.41, 5.74) is 7.98. The van der Waals surface area contributed by atoms with E-state index >= 15 is 0 Å². The van der Waals surface area contributed by atoms with Crippen molar-refractivity contribution in [2.24, 2.45) is 17.7 Å². The molecule has 24 heteroatoms. The number of nitrogen functional groups attached to an aromatic ring is 2. The maximum absolute atomic E-state index is 12.8. The summed E-state index contributed by atoms with van der Waals surface area (Å²) >= 11 is 0. The van der Waals surface area contributed by atoms with Gasteiger partial charge in [0.15, 0.2) is 6.29 Å². The third-order valence-electron chi connectivity index (χ3n) is 6.37. The highest BCUT2D eigenvalue weighted by molar-refractivity contribution is 7.67. The van der Waals surface area contributed by atoms with Crippen molar-refractivity contribution in [2.45, 2.75) is 32.8 Å². The largest absolute Gasteiger partial charge is 0.756 e. The van der Waals surface area contributed by atoms with Gasteiger partial charge in [-0.3, -0.25) is 23.0 Å². The quantitative estimate of drug-likeness (QED) is 0.0576. The van der Waals surface area contributed by atoms with Gasteiger partial charge in [0.2, 0.25) is 0 Å². The molecule has 46 heavy (non-hydrogen) atoms. The lowest BCUT2D eigenvalue weighted by atomic mass is 9.93. The molecule has 0 bridgehead atoms. The zero-order valence-corrected chi connectivity index (χ0v) is 27.3. The minimum Gasteiger partial charge on any atom is -0.756 e. The summed E-state index contributed by atoms with van der Waals surface area (Å²) in [6, 6.07) is 3.04. The van der Waals surface area contributed by atoms with Gasteiger partial charge in [0, 0.05) is 32.5 Å². The van der Waals surface area contributed by atoms with Gasteiger partial charge in [0.05, 0.1) is 30.3 Å². The molecule has 21 nitrogen and oxygen atoms in total. The number of nitrogens with one attached hydrogen (secondary N) is 2. The molecule has 7 atom stereocenters. The number of aromatic nitrogens is 3. The van der Waals surface area contributed by atoms with E-state index in [4.69, 9.17) is 26.1 Å². The number of hydrogen-bond acceptors (Lipinski definition) is 18. The number of rotatable bonds is 14. The smallest absolute Gasteiger partial charge is 0.510 e. The average molecular weight is 710 g/mol. The molecule has 3 rings (SSSR count). The van der Waals surface area contributed by atoms with Crippen LogP contribution in [0.3, 0.4) is 0 Å². The molecule has 1 saturated heterocycles. The molecular formula is C22H31N7O14P3-. The van der Waals surface area contributed by atoms with Crippen LogP contribution in [0.15, 0.2) is 29.3 Å². The predicted molar refractivity (Wildman–Crippen MR) is 155 cm³/mol. The molecule has 0 aromatic carbocycles. The van der Waals surface area contributed by atoms with Crippen molar-refractivity contribution in [1.29, 1.82) is 0 Å². The SMILES string of the molecule is COP(=O)(OOC1OC(Cn2cc(C#CCNC(=O)c3ccc(NN)nc3)c(N)nc2=O)C(C)C1C)OP(=O)(OC)OP(=O)([O-])O. The molecule has 254 valence electrons. The maximum Gasteiger partial charge on any atom is 0.510 e. The molecule has 2 aromatic heterocycles. The van der Waals surface area contributed by atoms with E-state index in [1.54, 1.807) is 13.8 Å². The van der Waals surface area contributed by atoms with Crippen LogP contribution >= 0.6 is 23.5 Å². The lowest BCUT2D eigenvalue weighted by Crippen LogP contribution is -2.31. The third kappa shape index (κ3) is 10.2. The Morgan fingerprint density at radius 2 is 1.87 bits per heavy atom. The molecule has 0 radical (unpaired) electrons. The number of nitrogens with zero attached hydrogens (tertiary/aromatic N) is 3. The van der Waals surface area contributed by atoms with Crippen molar-refractivity contribution in [1.82, 2.24) is 19.9 Å². The van der Waals surface area contributed by atoms with Gasteiger partial charge >= 0.3 is 21.3 Å². The summed E-state index contributed by atoms with van der Waals surface area (Å²) in [6.07, 6.45) is 0.727. The van der Waals surface area contributed by atoms with Crippen LogP contribution in [0.2, 0.25) is 0 Å². The van der Waals surface area contributed by atoms with Crippen molar-refractivity contribution >= 4 is 41.0 Å². The number of hydrazine groups is 1. The van der Waals surface area contributed by atoms with E-state index in [1.165, 1.54) is 29.1 Å². The van der Waals surface area contributed by atoms with E-state index < -0.39 is 53.4 Å². The molecule has 1 amide bonds. The first-order chi connectivity index (χ1) is 21.5. The van der Waals surface area contributed by atoms with E-state index in [0.717, 1.165) is 7.11 Å². The highest BCUT2D eigenvalue weighted by atomic mass is 31.3. The van der Waals surface area contributed by atoms with Crippen LogP contribution in [-0.2, 0) is 52.2 Å². The van der Waals surface area contributed by atoms with Crippen molar-refractivity contribution in [3.8, 4) is 11.8 Å². The minimum absolute atomic E-state index is 0.0647. The van der Waals surface area contributed by atoms with E-state index in [0.29, 0.717) is 12.9 Å². The van der Waals surface area contributed by atoms with Crippen molar-refractivity contribution in [2.75, 3.05) is 31.9 Å². The van der Waals surface area contributed by atoms with Gasteiger partial charge in [0.1, 0.15) is 11.6 Å². The van der Waals surface area contributed by atoms with Crippen LogP contribution < -0.4 is 32.9 Å². The second-order valence-electron chi connectivity index (χ2n) is 9.36. The molecule has 0 aliphatic carbocycles. The number of amides is 1. The molecule has 0 spiro atoms. The first-order valence-corrected chi connectivity index (χ1v) is 17.3. The van der Waals surface area contributed by atoms with Gasteiger partial charge in [-0.05, 0) is 18.1 Å². The molecule has 3 heterocycles. The lowest BCUT2D eigenvalue weighted by molar-refractivity contribution is -0.331. The van der Waals surface area contributed by atoms with Crippen molar-refractivity contribution in [3.05, 3.63) is 46.1 Å². The summed E-state index contributed by atoms with van der Waals surface area (Å²) in [4.78, 5) is 57.4. The molecule has 0 saturated carbocycles. The Labute approximate surface area is 261 Å². The van der Waals surface area contributed by atoms with Crippen LogP contribution in [0.25, 0.3) is 0 Å². The summed E-state index contributed by atoms with van der Waals surface area (Å²) in [6.45, 7) is 3.31. The zero-order chi connectivity index (χ0) is 34.3. The molecule has 2 aromatic rings. The molecule has 1 fully saturated rings. The van der Waals surface area contributed by atoms with Gasteiger partial charge in [0.25, 0.3) is 13.7 Å². The van der Waals surface area contributed by atoms with Crippen LogP contribution in [-0.4, -0.2) is 58.5 Å². The molecule has 7 unspecified atom stereocenters. The number of ether oxygens (including phenoxy) is 1. The number of carbonyl (C=O) groups excluding carboxylic acids is 1. The number of anilines is 2. The molecule has 7 N–H and O–H groups in total. The number of phosphoric acid groups is 3. The second kappa shape index (κ2) is 15.7. The average Bonchev–Trinajstić information content (AvgIpc) is 3.27. The number of pyridine rings is 1. The predicted octanol–water partition coefficient (Wildman–Crippen LogP) is 0.236. The summed E-state index contributed by atoms with van der Waals surface area (Å²) < 4.78 is 64.8. The standard InChI is InChI=1S/C22H32N7O14P3/c1-13-14(2)21(40-41-45(35,37-3)43-46(36,38-4)42-44(32,33)34)39-17(13)12-29-11-16(19(23)27-22(29)31)6-5-9-25-20(30)15-7-8-18(28-24)26-10-15/h7-8,10-11,13-14,17,21H,9,12,24H2,1-4H3,(H,25,30)(H,26,28)(H2,23,27,31)(H2,32,33,34)/p-1. The lowest BCUT2D eigenvalue weighted by Gasteiger charge is -2.24. The highest BCUT2D eigenvalue weighted by Gasteiger charge is 2.46. The van der Waals surface area contributed by atoms with E-state index in [9.17, 15) is 28.2 Å². The maximum atomic E-state index is 12.8. The summed E-state index contributed by atoms with van der Waals surface area (Å²) in [7, 11) is -14.4. The van der Waals surface area contributed by atoms with Gasteiger partial charge in [-0.2, -0.15) is 14.2 Å². The number of carbonyl (C=O) groups is 1. The Morgan fingerprint density at radius 1 is 1.17 bits per heavy atom. The normalized spacial score (nSPS) is 23.3. The van der Waals surface area contributed by atoms with Crippen LogP contribution in [0.4, 0.5) is 11.6 Å². The third-order valence-corrected chi connectivity index (χ3v) is 10.8. The van der Waals surface area contributed by atoms with Gasteiger partial charge in [-0.1, -0.05) is 25.7 Å². The van der Waals surface area contributed by atoms with Crippen LogP contribution in [0, 0.1) is 23.7 Å². The van der Waals surface area contributed by atoms with Gasteiger partial charge in [-0.15, -0.1) is 4.67 Å². The Balaban J connectivity index is 1.64. The fraction of sp³-hybridized carbons (Fsp3) is 0.455. The van der Waals surface area contributed by atoms with Crippen LogP contribution in [0.5, 0.6) is 0 Å². The number of hydrogen-bond donors (Lipinski definition) is 5. The highest BCUT2D eigenvalue weighted by Crippen LogP contribution is 2.69. The Kier molecular flexibility index (Phi) is 12.8. The molecule has 1 aliphatic heterocycles. The van der Waals surface area contributed by atoms with Crippen molar-refractivity contribution in [3.63, 3.8) is 0 Å².